The van der Waals surface area contributed by atoms with E-state index in [1.807, 2.05) is 6.92 Å². The predicted octanol–water partition coefficient (Wildman–Crippen LogP) is 1.10. The molecule has 0 radical (unpaired) electrons. The van der Waals surface area contributed by atoms with Crippen molar-refractivity contribution in [2.24, 2.45) is 0 Å². The van der Waals surface area contributed by atoms with Crippen LogP contribution in [-0.4, -0.2) is 43.4 Å². The van der Waals surface area contributed by atoms with Crippen molar-refractivity contribution in [2.45, 2.75) is 26.7 Å². The summed E-state index contributed by atoms with van der Waals surface area (Å²) in [7, 11) is 0. The molecule has 0 fully saturated rings. The molecule has 3 nitrogen and oxygen atoms in total. The molecule has 1 amide bonds. The van der Waals surface area contributed by atoms with Crippen molar-refractivity contribution < 1.29 is 13.6 Å². The smallest absolute Gasteiger partial charge is 0.315 e. The van der Waals surface area contributed by atoms with Gasteiger partial charge in [-0.15, -0.1) is 0 Å². The van der Waals surface area contributed by atoms with Gasteiger partial charge in [0, 0.05) is 13.1 Å². The largest absolute Gasteiger partial charge is 0.350 e. The molecular weight excluding hydrogens is 190 g/mol. The van der Waals surface area contributed by atoms with Crippen LogP contribution in [0.5, 0.6) is 0 Å². The summed E-state index contributed by atoms with van der Waals surface area (Å²) in [5, 5.41) is 2.17. The van der Waals surface area contributed by atoms with Gasteiger partial charge in [0.15, 0.2) is 0 Å². The van der Waals surface area contributed by atoms with E-state index in [4.69, 9.17) is 0 Å². The number of nitrogens with zero attached hydrogens (tertiary/aromatic N) is 1. The van der Waals surface area contributed by atoms with E-state index in [0.717, 1.165) is 19.5 Å². The quantitative estimate of drug-likeness (QED) is 0.679. The summed E-state index contributed by atoms with van der Waals surface area (Å²) in [6.45, 7) is 6.78. The number of halogens is 2. The number of nitrogens with one attached hydrogen (secondary N) is 1. The number of rotatable bonds is 7. The van der Waals surface area contributed by atoms with Gasteiger partial charge in [-0.05, 0) is 19.5 Å². The maximum Gasteiger partial charge on any atom is 0.315 e. The topological polar surface area (TPSA) is 32.3 Å². The first-order chi connectivity index (χ1) is 6.61. The van der Waals surface area contributed by atoms with Crippen LogP contribution in [0.15, 0.2) is 0 Å². The van der Waals surface area contributed by atoms with Gasteiger partial charge in [-0.2, -0.15) is 8.78 Å². The zero-order valence-electron chi connectivity index (χ0n) is 8.72. The molecule has 0 aliphatic carbocycles. The van der Waals surface area contributed by atoms with Crippen LogP contribution in [0, 0.1) is 0 Å². The number of carbonyl (C=O) groups is 1. The second-order valence-corrected chi connectivity index (χ2v) is 3.03. The standard InChI is InChI=1S/C9H18F2N2O/c1-3-6-13(4-2)7-5-12-9(14)8(10)11/h8H,3-7H2,1-2H3,(H,12,14). The molecule has 14 heavy (non-hydrogen) atoms. The first-order valence-corrected chi connectivity index (χ1v) is 4.90. The van der Waals surface area contributed by atoms with Crippen LogP contribution in [0.25, 0.3) is 0 Å². The van der Waals surface area contributed by atoms with E-state index in [1.165, 1.54) is 0 Å². The highest BCUT2D eigenvalue weighted by atomic mass is 19.3. The summed E-state index contributed by atoms with van der Waals surface area (Å²) in [6.07, 6.45) is -1.88. The molecule has 0 aliphatic heterocycles. The van der Waals surface area contributed by atoms with Crippen molar-refractivity contribution in [3.8, 4) is 0 Å². The SMILES string of the molecule is CCCN(CC)CCNC(=O)C(F)F. The summed E-state index contributed by atoms with van der Waals surface area (Å²) in [5.41, 5.74) is 0. The molecule has 0 bridgehead atoms. The van der Waals surface area contributed by atoms with Crippen LogP contribution in [-0.2, 0) is 4.79 Å². The molecule has 0 saturated carbocycles. The second kappa shape index (κ2) is 7.67. The molecule has 0 saturated heterocycles. The van der Waals surface area contributed by atoms with E-state index in [-0.39, 0.29) is 6.54 Å². The number of hydrogen-bond acceptors (Lipinski definition) is 2. The lowest BCUT2D eigenvalue weighted by atomic mass is 10.4. The highest BCUT2D eigenvalue weighted by molar-refractivity contribution is 5.78. The lowest BCUT2D eigenvalue weighted by Crippen LogP contribution is -2.37. The van der Waals surface area contributed by atoms with E-state index in [1.54, 1.807) is 0 Å². The molecule has 5 heteroatoms. The second-order valence-electron chi connectivity index (χ2n) is 3.03. The molecule has 1 N–H and O–H groups in total. The number of alkyl halides is 2. The highest BCUT2D eigenvalue weighted by Crippen LogP contribution is 1.92. The average Bonchev–Trinajstić information content (AvgIpc) is 2.16. The minimum absolute atomic E-state index is 0.289. The van der Waals surface area contributed by atoms with E-state index in [0.29, 0.717) is 6.54 Å². The molecular formula is C9H18F2N2O. The Balaban J connectivity index is 3.55. The Kier molecular flexibility index (Phi) is 7.28. The van der Waals surface area contributed by atoms with Crippen molar-refractivity contribution in [3.63, 3.8) is 0 Å². The van der Waals surface area contributed by atoms with E-state index >= 15 is 0 Å². The Morgan fingerprint density at radius 3 is 2.43 bits per heavy atom. The van der Waals surface area contributed by atoms with Crippen LogP contribution in [0.2, 0.25) is 0 Å². The summed E-state index contributed by atoms with van der Waals surface area (Å²) in [4.78, 5) is 12.6. The molecule has 0 spiro atoms. The molecule has 0 aromatic rings. The fourth-order valence-corrected chi connectivity index (χ4v) is 1.16. The fourth-order valence-electron chi connectivity index (χ4n) is 1.16. The van der Waals surface area contributed by atoms with Gasteiger partial charge in [0.2, 0.25) is 0 Å². The molecule has 0 heterocycles. The van der Waals surface area contributed by atoms with E-state index in [9.17, 15) is 13.6 Å². The number of hydrogen-bond donors (Lipinski definition) is 1. The molecule has 0 aromatic heterocycles. The Bertz CT molecular complexity index is 165. The highest BCUT2D eigenvalue weighted by Gasteiger charge is 2.13. The van der Waals surface area contributed by atoms with Gasteiger partial charge < -0.3 is 10.2 Å². The summed E-state index contributed by atoms with van der Waals surface area (Å²) < 4.78 is 23.5. The van der Waals surface area contributed by atoms with Crippen molar-refractivity contribution in [1.29, 1.82) is 0 Å². The zero-order valence-corrected chi connectivity index (χ0v) is 8.72. The van der Waals surface area contributed by atoms with E-state index < -0.39 is 12.3 Å². The number of carbonyl (C=O) groups excluding carboxylic acids is 1. The van der Waals surface area contributed by atoms with Gasteiger partial charge in [-0.3, -0.25) is 4.79 Å². The fraction of sp³-hybridized carbons (Fsp3) is 0.889. The predicted molar refractivity (Wildman–Crippen MR) is 51.4 cm³/mol. The van der Waals surface area contributed by atoms with Crippen LogP contribution in [0.1, 0.15) is 20.3 Å². The third-order valence-corrected chi connectivity index (χ3v) is 1.91. The minimum atomic E-state index is -2.91. The lowest BCUT2D eigenvalue weighted by molar-refractivity contribution is -0.131. The molecule has 0 rings (SSSR count). The Morgan fingerprint density at radius 1 is 1.36 bits per heavy atom. The monoisotopic (exact) mass is 208 g/mol. The third kappa shape index (κ3) is 5.85. The van der Waals surface area contributed by atoms with Crippen LogP contribution >= 0.6 is 0 Å². The summed E-state index contributed by atoms with van der Waals surface area (Å²) >= 11 is 0. The van der Waals surface area contributed by atoms with Gasteiger partial charge in [0.25, 0.3) is 5.91 Å². The molecule has 0 atom stereocenters. The van der Waals surface area contributed by atoms with Crippen LogP contribution < -0.4 is 5.32 Å². The van der Waals surface area contributed by atoms with Gasteiger partial charge >= 0.3 is 6.43 Å². The summed E-state index contributed by atoms with van der Waals surface area (Å²) in [5.74, 6) is -1.18. The average molecular weight is 208 g/mol. The van der Waals surface area contributed by atoms with Gasteiger partial charge in [0.1, 0.15) is 0 Å². The van der Waals surface area contributed by atoms with Crippen molar-refractivity contribution in [3.05, 3.63) is 0 Å². The summed E-state index contributed by atoms with van der Waals surface area (Å²) in [6, 6.07) is 0. The maximum absolute atomic E-state index is 11.8. The maximum atomic E-state index is 11.8. The molecule has 84 valence electrons. The van der Waals surface area contributed by atoms with Gasteiger partial charge in [-0.25, -0.2) is 0 Å². The van der Waals surface area contributed by atoms with Crippen LogP contribution in [0.3, 0.4) is 0 Å². The lowest BCUT2D eigenvalue weighted by Gasteiger charge is -2.19. The van der Waals surface area contributed by atoms with Crippen molar-refractivity contribution in [2.75, 3.05) is 26.2 Å². The third-order valence-electron chi connectivity index (χ3n) is 1.91. The first-order valence-electron chi connectivity index (χ1n) is 4.90. The Hall–Kier alpha value is -0.710. The minimum Gasteiger partial charge on any atom is -0.350 e. The molecule has 0 unspecified atom stereocenters. The normalized spacial score (nSPS) is 11.0. The Morgan fingerprint density at radius 2 is 2.00 bits per heavy atom. The molecule has 0 aromatic carbocycles. The zero-order chi connectivity index (χ0) is 11.0. The van der Waals surface area contributed by atoms with Gasteiger partial charge in [0.05, 0.1) is 0 Å². The molecule has 0 aliphatic rings. The first kappa shape index (κ1) is 13.3. The number of amides is 1. The van der Waals surface area contributed by atoms with E-state index in [2.05, 4.69) is 17.1 Å². The van der Waals surface area contributed by atoms with Crippen molar-refractivity contribution >= 4 is 5.91 Å². The number of likely N-dealkylation sites (N-methyl/N-ethyl adjacent to an activating group) is 1. The van der Waals surface area contributed by atoms with Crippen molar-refractivity contribution in [1.82, 2.24) is 10.2 Å². The Labute approximate surface area is 83.5 Å². The van der Waals surface area contributed by atoms with Gasteiger partial charge in [-0.1, -0.05) is 13.8 Å². The van der Waals surface area contributed by atoms with Crippen LogP contribution in [0.4, 0.5) is 8.78 Å².